The van der Waals surface area contributed by atoms with Gasteiger partial charge in [-0.1, -0.05) is 7.43 Å². The Hall–Kier alpha value is -1.99. The van der Waals surface area contributed by atoms with Crippen molar-refractivity contribution >= 4 is 23.6 Å². The predicted octanol–water partition coefficient (Wildman–Crippen LogP) is 1.17. The first-order valence-electron chi connectivity index (χ1n) is 6.17. The second-order valence-corrected chi connectivity index (χ2v) is 4.23. The number of nitrogen functional groups attached to an aromatic ring is 1. The molecular weight excluding hydrogens is 272 g/mol. The number of methoxy groups -OCH3 is 1. The Kier molecular flexibility index (Phi) is 8.18. The first kappa shape index (κ1) is 19.0. The van der Waals surface area contributed by atoms with Crippen LogP contribution in [0.3, 0.4) is 0 Å². The van der Waals surface area contributed by atoms with E-state index in [-0.39, 0.29) is 20.1 Å². The number of nitrogens with zero attached hydrogens (tertiary/aromatic N) is 3. The van der Waals surface area contributed by atoms with Crippen molar-refractivity contribution in [3.05, 3.63) is 18.1 Å². The number of nitrogens with two attached hydrogens (primary N) is 1. The van der Waals surface area contributed by atoms with Crippen molar-refractivity contribution in [3.8, 4) is 0 Å². The van der Waals surface area contributed by atoms with Crippen LogP contribution >= 0.6 is 0 Å². The summed E-state index contributed by atoms with van der Waals surface area (Å²) in [5, 5.41) is 9.94. The molecule has 0 saturated heterocycles. The Labute approximate surface area is 124 Å². The van der Waals surface area contributed by atoms with Crippen LogP contribution in [-0.4, -0.2) is 46.3 Å². The van der Waals surface area contributed by atoms with E-state index in [0.29, 0.717) is 11.6 Å². The summed E-state index contributed by atoms with van der Waals surface area (Å²) in [4.78, 5) is 16.5. The highest BCUT2D eigenvalue weighted by Gasteiger charge is 2.10. The summed E-state index contributed by atoms with van der Waals surface area (Å²) in [7, 11) is 1.60. The maximum Gasteiger partial charge on any atom is 0.145 e. The number of fused-ring (bicyclic) bond motifs is 1. The smallest absolute Gasteiger partial charge is 0.145 e. The molecule has 2 heterocycles. The fraction of sp³-hybridized carbons (Fsp3) is 0.500. The summed E-state index contributed by atoms with van der Waals surface area (Å²) in [5.41, 5.74) is 6.68. The van der Waals surface area contributed by atoms with Gasteiger partial charge in [-0.05, 0) is 19.4 Å². The van der Waals surface area contributed by atoms with E-state index in [1.54, 1.807) is 7.11 Å². The van der Waals surface area contributed by atoms with Crippen molar-refractivity contribution in [3.63, 3.8) is 0 Å². The molecule has 2 aromatic rings. The van der Waals surface area contributed by atoms with Gasteiger partial charge in [-0.25, -0.2) is 9.97 Å². The number of aliphatic hydroxyl groups excluding tert-OH is 1. The number of hydrogen-bond donors (Lipinski definition) is 2. The number of carbonyl (C=O) groups excluding carboxylic acids is 1. The van der Waals surface area contributed by atoms with Crippen LogP contribution in [-0.2, 0) is 16.1 Å². The maximum absolute atomic E-state index is 9.08. The fourth-order valence-electron chi connectivity index (χ4n) is 1.95. The molecule has 0 fully saturated rings. The van der Waals surface area contributed by atoms with Crippen LogP contribution in [0.1, 0.15) is 19.7 Å². The molecule has 2 aromatic heterocycles. The van der Waals surface area contributed by atoms with E-state index in [1.807, 2.05) is 30.5 Å². The van der Waals surface area contributed by atoms with Crippen LogP contribution in [0.25, 0.3) is 11.0 Å². The van der Waals surface area contributed by atoms with Gasteiger partial charge in [-0.15, -0.1) is 0 Å². The highest BCUT2D eigenvalue weighted by molar-refractivity contribution is 5.86. The van der Waals surface area contributed by atoms with Gasteiger partial charge in [-0.3, -0.25) is 0 Å². The number of aromatic nitrogens is 3. The third-order valence-corrected chi connectivity index (χ3v) is 2.99. The average molecular weight is 296 g/mol. The molecular formula is C14H24N4O3. The highest BCUT2D eigenvalue weighted by atomic mass is 16.5. The van der Waals surface area contributed by atoms with Gasteiger partial charge >= 0.3 is 0 Å². The Morgan fingerprint density at radius 3 is 2.71 bits per heavy atom. The molecule has 0 spiro atoms. The SMILES string of the molecule is C.C=O.COC(CO)CCn1ccc2c(N)nc(C)nc21. The molecule has 0 aromatic carbocycles. The molecule has 118 valence electrons. The second-order valence-electron chi connectivity index (χ2n) is 4.23. The van der Waals surface area contributed by atoms with Gasteiger partial charge in [0.25, 0.3) is 0 Å². The van der Waals surface area contributed by atoms with Crippen LogP contribution in [0.2, 0.25) is 0 Å². The Bertz CT molecular complexity index is 552. The van der Waals surface area contributed by atoms with Crippen molar-refractivity contribution in [1.29, 1.82) is 0 Å². The monoisotopic (exact) mass is 296 g/mol. The van der Waals surface area contributed by atoms with Crippen molar-refractivity contribution in [2.75, 3.05) is 19.5 Å². The Morgan fingerprint density at radius 1 is 1.48 bits per heavy atom. The van der Waals surface area contributed by atoms with Crippen LogP contribution in [0.15, 0.2) is 12.3 Å². The Morgan fingerprint density at radius 2 is 2.14 bits per heavy atom. The molecule has 3 N–H and O–H groups in total. The lowest BCUT2D eigenvalue weighted by Crippen LogP contribution is -2.18. The zero-order valence-electron chi connectivity index (χ0n) is 11.7. The molecule has 7 nitrogen and oxygen atoms in total. The van der Waals surface area contributed by atoms with Gasteiger partial charge in [0, 0.05) is 19.9 Å². The number of aryl methyl sites for hydroxylation is 2. The number of anilines is 1. The quantitative estimate of drug-likeness (QED) is 0.858. The largest absolute Gasteiger partial charge is 0.394 e. The maximum atomic E-state index is 9.08. The topological polar surface area (TPSA) is 103 Å². The van der Waals surface area contributed by atoms with Crippen molar-refractivity contribution in [2.24, 2.45) is 0 Å². The van der Waals surface area contributed by atoms with E-state index in [4.69, 9.17) is 20.4 Å². The molecule has 2 rings (SSSR count). The minimum Gasteiger partial charge on any atom is -0.394 e. The highest BCUT2D eigenvalue weighted by Crippen LogP contribution is 2.19. The van der Waals surface area contributed by atoms with Gasteiger partial charge in [0.1, 0.15) is 24.1 Å². The van der Waals surface area contributed by atoms with Crippen LogP contribution in [0.5, 0.6) is 0 Å². The average Bonchev–Trinajstić information content (AvgIpc) is 2.85. The van der Waals surface area contributed by atoms with Crippen molar-refractivity contribution in [1.82, 2.24) is 14.5 Å². The zero-order valence-corrected chi connectivity index (χ0v) is 11.7. The molecule has 0 radical (unpaired) electrons. The summed E-state index contributed by atoms with van der Waals surface area (Å²) in [6, 6.07) is 1.91. The normalized spacial score (nSPS) is 11.4. The molecule has 0 amide bonds. The van der Waals surface area contributed by atoms with Crippen LogP contribution in [0.4, 0.5) is 5.82 Å². The third kappa shape index (κ3) is 4.51. The summed E-state index contributed by atoms with van der Waals surface area (Å²) in [6.07, 6.45) is 2.50. The minimum atomic E-state index is -0.150. The lowest BCUT2D eigenvalue weighted by molar-refractivity contribution is -0.0979. The number of aliphatic hydroxyl groups is 1. The zero-order chi connectivity index (χ0) is 15.1. The first-order chi connectivity index (χ1) is 9.65. The minimum absolute atomic E-state index is 0. The molecule has 0 bridgehead atoms. The molecule has 7 heteroatoms. The summed E-state index contributed by atoms with van der Waals surface area (Å²) in [6.45, 7) is 4.56. The van der Waals surface area contributed by atoms with Crippen LogP contribution in [0, 0.1) is 6.92 Å². The van der Waals surface area contributed by atoms with Gasteiger partial charge in [0.2, 0.25) is 0 Å². The predicted molar refractivity (Wildman–Crippen MR) is 83.0 cm³/mol. The van der Waals surface area contributed by atoms with E-state index in [1.165, 1.54) is 0 Å². The number of hydrogen-bond acceptors (Lipinski definition) is 6. The fourth-order valence-corrected chi connectivity index (χ4v) is 1.95. The lowest BCUT2D eigenvalue weighted by atomic mass is 10.2. The summed E-state index contributed by atoms with van der Waals surface area (Å²) < 4.78 is 7.14. The van der Waals surface area contributed by atoms with Gasteiger partial charge < -0.3 is 24.9 Å². The van der Waals surface area contributed by atoms with Gasteiger partial charge in [0.05, 0.1) is 18.1 Å². The van der Waals surface area contributed by atoms with E-state index >= 15 is 0 Å². The molecule has 0 aliphatic carbocycles. The van der Waals surface area contributed by atoms with Crippen LogP contribution < -0.4 is 5.73 Å². The summed E-state index contributed by atoms with van der Waals surface area (Å²) in [5.74, 6) is 1.16. The molecule has 21 heavy (non-hydrogen) atoms. The molecule has 1 atom stereocenters. The van der Waals surface area contributed by atoms with E-state index in [9.17, 15) is 0 Å². The standard InChI is InChI=1S/C12H18N4O2.CH2O.CH4/c1-8-14-11(13)10-4-6-16(12(10)15-8)5-3-9(7-17)18-2;1-2;/h4,6,9,17H,3,5,7H2,1-2H3,(H2,13,14,15);1H2;1H4. The number of carbonyl (C=O) groups is 1. The third-order valence-electron chi connectivity index (χ3n) is 2.99. The van der Waals surface area contributed by atoms with E-state index < -0.39 is 0 Å². The van der Waals surface area contributed by atoms with E-state index in [0.717, 1.165) is 24.0 Å². The lowest BCUT2D eigenvalue weighted by Gasteiger charge is -2.13. The van der Waals surface area contributed by atoms with Crippen molar-refractivity contribution in [2.45, 2.75) is 33.4 Å². The molecule has 0 saturated carbocycles. The van der Waals surface area contributed by atoms with Crippen molar-refractivity contribution < 1.29 is 14.6 Å². The Balaban J connectivity index is 0.00000128. The first-order valence-corrected chi connectivity index (χ1v) is 6.17. The molecule has 1 unspecified atom stereocenters. The second kappa shape index (κ2) is 9.04. The number of ether oxygens (including phenoxy) is 1. The number of rotatable bonds is 5. The van der Waals surface area contributed by atoms with E-state index in [2.05, 4.69) is 9.97 Å². The van der Waals surface area contributed by atoms with Gasteiger partial charge in [-0.2, -0.15) is 0 Å². The summed E-state index contributed by atoms with van der Waals surface area (Å²) >= 11 is 0. The molecule has 0 aliphatic rings. The molecule has 0 aliphatic heterocycles. The van der Waals surface area contributed by atoms with Gasteiger partial charge in [0.15, 0.2) is 0 Å².